The minimum absolute atomic E-state index is 0.202. The van der Waals surface area contributed by atoms with Crippen molar-refractivity contribution in [2.45, 2.75) is 32.1 Å². The molecule has 1 aromatic carbocycles. The van der Waals surface area contributed by atoms with E-state index < -0.39 is 5.41 Å². The van der Waals surface area contributed by atoms with Crippen molar-refractivity contribution in [1.82, 2.24) is 10.2 Å². The summed E-state index contributed by atoms with van der Waals surface area (Å²) in [5, 5.41) is 4.16. The highest BCUT2D eigenvalue weighted by molar-refractivity contribution is 6.31. The van der Waals surface area contributed by atoms with Gasteiger partial charge in [-0.15, -0.1) is 0 Å². The lowest BCUT2D eigenvalue weighted by Gasteiger charge is -2.32. The van der Waals surface area contributed by atoms with E-state index in [4.69, 9.17) is 11.6 Å². The Labute approximate surface area is 138 Å². The fraction of sp³-hybridized carbons (Fsp3) is 0.611. The van der Waals surface area contributed by atoms with Crippen molar-refractivity contribution in [3.8, 4) is 0 Å². The molecule has 1 N–H and O–H groups in total. The molecular weight excluding hydrogens is 296 g/mol. The van der Waals surface area contributed by atoms with E-state index in [2.05, 4.69) is 10.2 Å². The number of benzene rings is 1. The maximum absolute atomic E-state index is 13.1. The van der Waals surface area contributed by atoms with Crippen molar-refractivity contribution in [3.05, 3.63) is 34.9 Å². The molecule has 0 aromatic heterocycles. The third-order valence-electron chi connectivity index (χ3n) is 5.39. The van der Waals surface area contributed by atoms with Crippen molar-refractivity contribution in [2.75, 3.05) is 26.2 Å². The molecule has 2 aliphatic heterocycles. The number of hydrogen-bond acceptors (Lipinski definition) is 2. The van der Waals surface area contributed by atoms with E-state index in [0.717, 1.165) is 56.4 Å². The zero-order chi connectivity index (χ0) is 15.7. The second-order valence-corrected chi connectivity index (χ2v) is 7.56. The Morgan fingerprint density at radius 2 is 1.77 bits per heavy atom. The third-order valence-corrected chi connectivity index (χ3v) is 5.72. The van der Waals surface area contributed by atoms with Gasteiger partial charge in [0.05, 0.1) is 5.41 Å². The highest BCUT2D eigenvalue weighted by atomic mass is 35.5. The predicted molar refractivity (Wildman–Crippen MR) is 90.1 cm³/mol. The second-order valence-electron chi connectivity index (χ2n) is 7.15. The van der Waals surface area contributed by atoms with E-state index in [1.807, 2.05) is 38.1 Å². The summed E-state index contributed by atoms with van der Waals surface area (Å²) in [5.74, 6) is 1.68. The van der Waals surface area contributed by atoms with Crippen LogP contribution in [0, 0.1) is 11.8 Å². The number of carbonyl (C=O) groups is 1. The summed E-state index contributed by atoms with van der Waals surface area (Å²) in [6.45, 7) is 7.94. The maximum atomic E-state index is 13.1. The molecule has 3 nitrogen and oxygen atoms in total. The van der Waals surface area contributed by atoms with Crippen molar-refractivity contribution >= 4 is 17.5 Å². The molecule has 1 amide bonds. The summed E-state index contributed by atoms with van der Waals surface area (Å²) >= 11 is 6.32. The Morgan fingerprint density at radius 3 is 2.36 bits per heavy atom. The fourth-order valence-corrected chi connectivity index (χ4v) is 4.27. The Morgan fingerprint density at radius 1 is 1.18 bits per heavy atom. The van der Waals surface area contributed by atoms with Crippen LogP contribution in [0.15, 0.2) is 24.3 Å². The first-order chi connectivity index (χ1) is 10.5. The van der Waals surface area contributed by atoms with Gasteiger partial charge in [0.2, 0.25) is 5.91 Å². The molecule has 2 aliphatic rings. The van der Waals surface area contributed by atoms with Crippen molar-refractivity contribution in [3.63, 3.8) is 0 Å². The summed E-state index contributed by atoms with van der Waals surface area (Å²) in [5.41, 5.74) is 0.350. The van der Waals surface area contributed by atoms with Gasteiger partial charge in [-0.1, -0.05) is 29.8 Å². The van der Waals surface area contributed by atoms with Crippen LogP contribution in [0.25, 0.3) is 0 Å². The Kier molecular flexibility index (Phi) is 4.47. The molecule has 2 heterocycles. The summed E-state index contributed by atoms with van der Waals surface area (Å²) in [4.78, 5) is 15.2. The highest BCUT2D eigenvalue weighted by Crippen LogP contribution is 2.33. The van der Waals surface area contributed by atoms with E-state index in [0.29, 0.717) is 5.02 Å². The number of likely N-dealkylation sites (tertiary alicyclic amines) is 1. The topological polar surface area (TPSA) is 32.3 Å². The van der Waals surface area contributed by atoms with Gasteiger partial charge < -0.3 is 10.2 Å². The Bertz CT molecular complexity index is 544. The van der Waals surface area contributed by atoms with Crippen LogP contribution in [-0.4, -0.2) is 37.0 Å². The maximum Gasteiger partial charge on any atom is 0.232 e. The zero-order valence-corrected chi connectivity index (χ0v) is 14.2. The molecule has 0 saturated carbocycles. The molecule has 2 saturated heterocycles. The van der Waals surface area contributed by atoms with E-state index in [-0.39, 0.29) is 5.91 Å². The van der Waals surface area contributed by atoms with Gasteiger partial charge in [0.15, 0.2) is 0 Å². The number of halogens is 1. The molecule has 0 aliphatic carbocycles. The van der Waals surface area contributed by atoms with Crippen molar-refractivity contribution < 1.29 is 4.79 Å². The molecule has 3 rings (SSSR count). The number of fused-ring (bicyclic) bond motifs is 1. The lowest BCUT2D eigenvalue weighted by atomic mass is 9.83. The van der Waals surface area contributed by atoms with Gasteiger partial charge in [-0.05, 0) is 63.2 Å². The smallest absolute Gasteiger partial charge is 0.232 e. The molecule has 2 fully saturated rings. The first-order valence-electron chi connectivity index (χ1n) is 8.25. The minimum atomic E-state index is -0.573. The average Bonchev–Trinajstić information content (AvgIpc) is 2.86. The van der Waals surface area contributed by atoms with Gasteiger partial charge in [0.1, 0.15) is 0 Å². The van der Waals surface area contributed by atoms with E-state index in [1.165, 1.54) is 0 Å². The molecular formula is C18H25ClN2O. The van der Waals surface area contributed by atoms with Gasteiger partial charge in [-0.2, -0.15) is 0 Å². The van der Waals surface area contributed by atoms with E-state index in [9.17, 15) is 4.79 Å². The highest BCUT2D eigenvalue weighted by Gasteiger charge is 2.38. The van der Waals surface area contributed by atoms with Gasteiger partial charge in [0.25, 0.3) is 0 Å². The number of hydrogen-bond donors (Lipinski definition) is 1. The van der Waals surface area contributed by atoms with Crippen molar-refractivity contribution in [1.29, 1.82) is 0 Å². The molecule has 22 heavy (non-hydrogen) atoms. The summed E-state index contributed by atoms with van der Waals surface area (Å²) in [7, 11) is 0. The van der Waals surface area contributed by atoms with Crippen LogP contribution in [-0.2, 0) is 10.2 Å². The van der Waals surface area contributed by atoms with Crippen LogP contribution < -0.4 is 5.32 Å². The number of carbonyl (C=O) groups excluding carboxylic acids is 1. The van der Waals surface area contributed by atoms with Gasteiger partial charge in [0, 0.05) is 18.1 Å². The molecule has 1 aromatic rings. The first-order valence-corrected chi connectivity index (χ1v) is 8.63. The Hall–Kier alpha value is -1.06. The quantitative estimate of drug-likeness (QED) is 0.908. The number of amides is 1. The predicted octanol–water partition coefficient (Wildman–Crippen LogP) is 3.08. The van der Waals surface area contributed by atoms with E-state index in [1.54, 1.807) is 0 Å². The molecule has 0 unspecified atom stereocenters. The van der Waals surface area contributed by atoms with Crippen molar-refractivity contribution in [2.24, 2.45) is 11.8 Å². The van der Waals surface area contributed by atoms with Gasteiger partial charge >= 0.3 is 0 Å². The van der Waals surface area contributed by atoms with Gasteiger partial charge in [-0.25, -0.2) is 0 Å². The van der Waals surface area contributed by atoms with E-state index >= 15 is 0 Å². The van der Waals surface area contributed by atoms with Gasteiger partial charge in [-0.3, -0.25) is 4.79 Å². The van der Waals surface area contributed by atoms with Crippen LogP contribution in [0.2, 0.25) is 5.02 Å². The lowest BCUT2D eigenvalue weighted by Crippen LogP contribution is -2.44. The standard InChI is InChI=1S/C18H25ClN2O/c1-18(2,15-5-3-4-6-16(15)19)17(22)21-9-7-13-11-20-12-14(13)8-10-21/h3-6,13-14,20H,7-12H2,1-2H3/t13-,14+. The molecule has 0 spiro atoms. The normalized spacial score (nSPS) is 25.7. The molecule has 4 heteroatoms. The number of nitrogens with one attached hydrogen (secondary N) is 1. The molecule has 120 valence electrons. The molecule has 2 atom stereocenters. The van der Waals surface area contributed by atoms with Crippen LogP contribution in [0.3, 0.4) is 0 Å². The third kappa shape index (κ3) is 2.89. The second kappa shape index (κ2) is 6.21. The molecule has 0 radical (unpaired) electrons. The summed E-state index contributed by atoms with van der Waals surface area (Å²) < 4.78 is 0. The lowest BCUT2D eigenvalue weighted by molar-refractivity contribution is -0.136. The van der Waals surface area contributed by atoms with Crippen LogP contribution in [0.5, 0.6) is 0 Å². The summed E-state index contributed by atoms with van der Waals surface area (Å²) in [6.07, 6.45) is 2.23. The van der Waals surface area contributed by atoms with Crippen LogP contribution >= 0.6 is 11.6 Å². The van der Waals surface area contributed by atoms with Crippen LogP contribution in [0.1, 0.15) is 32.3 Å². The monoisotopic (exact) mass is 320 g/mol. The molecule has 0 bridgehead atoms. The number of rotatable bonds is 2. The first kappa shape index (κ1) is 15.8. The zero-order valence-electron chi connectivity index (χ0n) is 13.4. The van der Waals surface area contributed by atoms with Crippen LogP contribution in [0.4, 0.5) is 0 Å². The minimum Gasteiger partial charge on any atom is -0.342 e. The largest absolute Gasteiger partial charge is 0.342 e. The fourth-order valence-electron chi connectivity index (χ4n) is 3.90. The Balaban J connectivity index is 1.76. The average molecular weight is 321 g/mol. The summed E-state index contributed by atoms with van der Waals surface area (Å²) in [6, 6.07) is 7.70. The number of nitrogens with zero attached hydrogens (tertiary/aromatic N) is 1. The SMILES string of the molecule is CC(C)(C(=O)N1CC[C@@H]2CNC[C@@H]2CC1)c1ccccc1Cl.